The van der Waals surface area contributed by atoms with Crippen molar-refractivity contribution in [3.8, 4) is 78.7 Å². The highest BCUT2D eigenvalue weighted by molar-refractivity contribution is 6.12. The number of hydrogen-bond acceptors (Lipinski definition) is 4. The van der Waals surface area contributed by atoms with E-state index in [9.17, 15) is 0 Å². The molecule has 1 aliphatic heterocycles. The molecule has 2 aliphatic rings. The second-order valence-corrected chi connectivity index (χ2v) is 16.3. The van der Waals surface area contributed by atoms with E-state index >= 15 is 0 Å². The molecule has 0 amide bonds. The molecule has 11 aromatic rings. The smallest absolute Gasteiger partial charge is 0.164 e. The van der Waals surface area contributed by atoms with Crippen molar-refractivity contribution in [1.82, 2.24) is 15.0 Å². The summed E-state index contributed by atoms with van der Waals surface area (Å²) in [7, 11) is 0. The van der Waals surface area contributed by atoms with Crippen molar-refractivity contribution in [1.29, 1.82) is 0 Å². The van der Waals surface area contributed by atoms with Gasteiger partial charge in [0.05, 0.1) is 5.41 Å². The van der Waals surface area contributed by atoms with Gasteiger partial charge in [0.1, 0.15) is 11.2 Å². The fourth-order valence-electron chi connectivity index (χ4n) is 10.3. The highest BCUT2D eigenvalue weighted by Crippen LogP contribution is 2.59. The van der Waals surface area contributed by atoms with Crippen LogP contribution in [0.4, 0.5) is 0 Å². The van der Waals surface area contributed by atoms with Crippen LogP contribution in [0.5, 0.6) is 0 Å². The molecule has 3 heterocycles. The van der Waals surface area contributed by atoms with Crippen LogP contribution in [0.25, 0.3) is 101 Å². The van der Waals surface area contributed by atoms with Crippen molar-refractivity contribution in [2.75, 3.05) is 0 Å². The number of rotatable bonds is 4. The van der Waals surface area contributed by atoms with Gasteiger partial charge < -0.3 is 4.42 Å². The summed E-state index contributed by atoms with van der Waals surface area (Å²) in [4.78, 5) is 16.3. The summed E-state index contributed by atoms with van der Waals surface area (Å²) in [6.45, 7) is 0. The third kappa shape index (κ3) is 5.04. The summed E-state index contributed by atoms with van der Waals surface area (Å²) in [6.07, 6.45) is 0. The summed E-state index contributed by atoms with van der Waals surface area (Å²) >= 11 is 0. The van der Waals surface area contributed by atoms with Crippen LogP contribution in [0.15, 0.2) is 217 Å². The summed E-state index contributed by atoms with van der Waals surface area (Å²) < 4.78 is 6.61. The Labute approximate surface area is 358 Å². The first-order chi connectivity index (χ1) is 30.7. The van der Waals surface area contributed by atoms with Crippen LogP contribution in [0.2, 0.25) is 0 Å². The molecule has 0 unspecified atom stereocenters. The Morgan fingerprint density at radius 3 is 1.65 bits per heavy atom. The minimum absolute atomic E-state index is 0.591. The standard InChI is InChI=1S/C58H35N3O/c1-4-15-36(16-5-1)37-29-31-45-52(35-37)62-51-28-14-26-47(54(45)51)57-60-55-40-18-12-17-38(33-40)43-23-10-11-24-44(43)39-30-32-49-48(34-39)53-46(56(59-55)61-57)25-13-27-50(53)58(49,41-19-6-2-7-20-41)42-21-8-3-9-22-42/h1-35H. The van der Waals surface area contributed by atoms with Gasteiger partial charge in [-0.1, -0.05) is 182 Å². The highest BCUT2D eigenvalue weighted by Gasteiger charge is 2.47. The molecule has 0 saturated carbocycles. The van der Waals surface area contributed by atoms with E-state index < -0.39 is 5.41 Å². The topological polar surface area (TPSA) is 51.8 Å². The van der Waals surface area contributed by atoms with Gasteiger partial charge in [-0.15, -0.1) is 0 Å². The van der Waals surface area contributed by atoms with Crippen LogP contribution in [0.1, 0.15) is 22.3 Å². The van der Waals surface area contributed by atoms with E-state index in [1.807, 2.05) is 18.2 Å². The number of fused-ring (bicyclic) bond motifs is 13. The number of hydrogen-bond donors (Lipinski definition) is 0. The minimum atomic E-state index is -0.596. The Morgan fingerprint density at radius 2 is 0.887 bits per heavy atom. The van der Waals surface area contributed by atoms with E-state index in [0.717, 1.165) is 72.0 Å². The Hall–Kier alpha value is -8.21. The predicted octanol–water partition coefficient (Wildman–Crippen LogP) is 14.4. The van der Waals surface area contributed by atoms with Crippen LogP contribution in [-0.2, 0) is 5.41 Å². The maximum absolute atomic E-state index is 6.61. The Balaban J connectivity index is 1.13. The number of benzene rings is 9. The molecule has 62 heavy (non-hydrogen) atoms. The van der Waals surface area contributed by atoms with E-state index in [1.165, 1.54) is 33.4 Å². The number of furan rings is 1. The zero-order chi connectivity index (χ0) is 40.8. The van der Waals surface area contributed by atoms with Crippen molar-refractivity contribution < 1.29 is 4.42 Å². The van der Waals surface area contributed by atoms with E-state index in [4.69, 9.17) is 19.4 Å². The van der Waals surface area contributed by atoms with E-state index in [-0.39, 0.29) is 0 Å². The maximum atomic E-state index is 6.61. The van der Waals surface area contributed by atoms with Crippen molar-refractivity contribution >= 4 is 21.9 Å². The summed E-state index contributed by atoms with van der Waals surface area (Å²) in [5.41, 5.74) is 17.7. The van der Waals surface area contributed by atoms with Gasteiger partial charge in [0, 0.05) is 27.5 Å². The Bertz CT molecular complexity index is 3530. The third-order valence-corrected chi connectivity index (χ3v) is 13.0. The van der Waals surface area contributed by atoms with Gasteiger partial charge in [0.15, 0.2) is 17.5 Å². The Morgan fingerprint density at radius 1 is 0.323 bits per heavy atom. The first-order valence-corrected chi connectivity index (χ1v) is 21.1. The van der Waals surface area contributed by atoms with E-state index in [1.54, 1.807) is 0 Å². The van der Waals surface area contributed by atoms with Gasteiger partial charge in [-0.3, -0.25) is 0 Å². The molecule has 0 spiro atoms. The van der Waals surface area contributed by atoms with Gasteiger partial charge in [-0.2, -0.15) is 0 Å². The van der Waals surface area contributed by atoms with Gasteiger partial charge in [-0.25, -0.2) is 15.0 Å². The molecule has 9 aromatic carbocycles. The second kappa shape index (κ2) is 13.4. The second-order valence-electron chi connectivity index (χ2n) is 16.3. The van der Waals surface area contributed by atoms with Gasteiger partial charge in [0.2, 0.25) is 0 Å². The van der Waals surface area contributed by atoms with E-state index in [0.29, 0.717) is 17.5 Å². The van der Waals surface area contributed by atoms with Crippen molar-refractivity contribution in [3.63, 3.8) is 0 Å². The highest BCUT2D eigenvalue weighted by atomic mass is 16.3. The van der Waals surface area contributed by atoms with Crippen molar-refractivity contribution in [2.45, 2.75) is 5.41 Å². The van der Waals surface area contributed by atoms with Gasteiger partial charge >= 0.3 is 0 Å². The number of aromatic nitrogens is 3. The van der Waals surface area contributed by atoms with Gasteiger partial charge in [-0.05, 0) is 97.1 Å². The lowest BCUT2D eigenvalue weighted by Crippen LogP contribution is -2.28. The largest absolute Gasteiger partial charge is 0.456 e. The molecule has 0 radical (unpaired) electrons. The monoisotopic (exact) mass is 789 g/mol. The quantitative estimate of drug-likeness (QED) is 0.178. The van der Waals surface area contributed by atoms with Crippen LogP contribution < -0.4 is 0 Å². The fraction of sp³-hybridized carbons (Fsp3) is 0.0172. The lowest BCUT2D eigenvalue weighted by atomic mass is 9.67. The van der Waals surface area contributed by atoms with Crippen LogP contribution in [0, 0.1) is 0 Å². The van der Waals surface area contributed by atoms with Crippen LogP contribution in [0.3, 0.4) is 0 Å². The van der Waals surface area contributed by atoms with Gasteiger partial charge in [0.25, 0.3) is 0 Å². The minimum Gasteiger partial charge on any atom is -0.456 e. The van der Waals surface area contributed by atoms with Crippen LogP contribution in [-0.4, -0.2) is 15.0 Å². The molecule has 0 atom stereocenters. The average molecular weight is 790 g/mol. The first kappa shape index (κ1) is 34.6. The van der Waals surface area contributed by atoms with Crippen LogP contribution >= 0.6 is 0 Å². The fourth-order valence-corrected chi connectivity index (χ4v) is 10.3. The zero-order valence-corrected chi connectivity index (χ0v) is 33.5. The lowest BCUT2D eigenvalue weighted by molar-refractivity contribution is 0.669. The molecule has 288 valence electrons. The zero-order valence-electron chi connectivity index (χ0n) is 33.5. The van der Waals surface area contributed by atoms with Crippen molar-refractivity contribution in [3.05, 3.63) is 235 Å². The lowest BCUT2D eigenvalue weighted by Gasteiger charge is -2.34. The summed E-state index contributed by atoms with van der Waals surface area (Å²) in [5.74, 6) is 1.82. The first-order valence-electron chi connectivity index (χ1n) is 21.1. The number of nitrogens with zero attached hydrogens (tertiary/aromatic N) is 3. The third-order valence-electron chi connectivity index (χ3n) is 13.0. The molecular weight excluding hydrogens is 755 g/mol. The predicted molar refractivity (Wildman–Crippen MR) is 251 cm³/mol. The molecule has 2 aromatic heterocycles. The van der Waals surface area contributed by atoms with Crippen molar-refractivity contribution in [2.24, 2.45) is 0 Å². The average Bonchev–Trinajstić information content (AvgIpc) is 3.88. The normalized spacial score (nSPS) is 13.0. The van der Waals surface area contributed by atoms with E-state index in [2.05, 4.69) is 194 Å². The Kier molecular flexibility index (Phi) is 7.49. The maximum Gasteiger partial charge on any atom is 0.164 e. The molecular formula is C58H35N3O. The molecule has 13 rings (SSSR count). The summed E-state index contributed by atoms with van der Waals surface area (Å²) in [5, 5.41) is 1.99. The molecule has 0 fully saturated rings. The molecule has 4 heteroatoms. The molecule has 0 N–H and O–H groups in total. The summed E-state index contributed by atoms with van der Waals surface area (Å²) in [6, 6.07) is 76.0. The molecule has 6 bridgehead atoms. The molecule has 4 nitrogen and oxygen atoms in total. The molecule has 1 aliphatic carbocycles. The SMILES string of the molecule is c1ccc(-c2ccc3c(c2)oc2cccc(-c4nc5nc(n4)-c4cccc6c4-c4cc(ccc4C6(c4ccccc4)c4ccccc4)-c4ccccc4-c4cccc-5c4)c23)cc1. The molecule has 0 saturated heterocycles.